The zero-order valence-corrected chi connectivity index (χ0v) is 13.7. The molecule has 1 unspecified atom stereocenters. The molecule has 1 saturated heterocycles. The highest BCUT2D eigenvalue weighted by Gasteiger charge is 2.13. The van der Waals surface area contributed by atoms with Gasteiger partial charge in [0.05, 0.1) is 0 Å². The van der Waals surface area contributed by atoms with E-state index in [1.807, 2.05) is 11.3 Å². The summed E-state index contributed by atoms with van der Waals surface area (Å²) in [5.41, 5.74) is 0. The molecule has 1 aliphatic rings. The summed E-state index contributed by atoms with van der Waals surface area (Å²) in [5, 5.41) is 6.39. The van der Waals surface area contributed by atoms with Gasteiger partial charge in [0, 0.05) is 22.7 Å². The molecule has 0 spiro atoms. The van der Waals surface area contributed by atoms with Crippen LogP contribution >= 0.6 is 23.7 Å². The van der Waals surface area contributed by atoms with Crippen LogP contribution in [-0.2, 0) is 11.2 Å². The SMILES string of the molecule is Cc1ccc(CCCC(=O)NCCC2CCNC2)s1.Cl. The van der Waals surface area contributed by atoms with Crippen LogP contribution in [0.4, 0.5) is 0 Å². The van der Waals surface area contributed by atoms with Gasteiger partial charge in [-0.15, -0.1) is 23.7 Å². The zero-order chi connectivity index (χ0) is 13.5. The Morgan fingerprint density at radius 2 is 2.35 bits per heavy atom. The molecule has 1 fully saturated rings. The van der Waals surface area contributed by atoms with Crippen molar-refractivity contribution in [2.24, 2.45) is 5.92 Å². The van der Waals surface area contributed by atoms with Gasteiger partial charge in [0.1, 0.15) is 0 Å². The third-order valence-electron chi connectivity index (χ3n) is 3.66. The van der Waals surface area contributed by atoms with Crippen molar-refractivity contribution in [3.8, 4) is 0 Å². The van der Waals surface area contributed by atoms with Crippen LogP contribution < -0.4 is 10.6 Å². The van der Waals surface area contributed by atoms with Crippen LogP contribution in [-0.4, -0.2) is 25.5 Å². The van der Waals surface area contributed by atoms with E-state index in [4.69, 9.17) is 0 Å². The summed E-state index contributed by atoms with van der Waals surface area (Å²) < 4.78 is 0. The summed E-state index contributed by atoms with van der Waals surface area (Å²) in [7, 11) is 0. The minimum Gasteiger partial charge on any atom is -0.356 e. The molecule has 114 valence electrons. The molecule has 3 nitrogen and oxygen atoms in total. The Bertz CT molecular complexity index is 402. The molecule has 1 aliphatic heterocycles. The van der Waals surface area contributed by atoms with Crippen LogP contribution in [0.15, 0.2) is 12.1 Å². The molecule has 2 rings (SSSR count). The van der Waals surface area contributed by atoms with E-state index in [0.717, 1.165) is 44.8 Å². The van der Waals surface area contributed by atoms with E-state index in [9.17, 15) is 4.79 Å². The maximum atomic E-state index is 11.7. The Hall–Kier alpha value is -0.580. The molecular weight excluding hydrogens is 292 g/mol. The van der Waals surface area contributed by atoms with Gasteiger partial charge in [0.25, 0.3) is 0 Å². The largest absolute Gasteiger partial charge is 0.356 e. The second-order valence-electron chi connectivity index (χ2n) is 5.36. The fraction of sp³-hybridized carbons (Fsp3) is 0.667. The van der Waals surface area contributed by atoms with E-state index in [1.54, 1.807) is 0 Å². The topological polar surface area (TPSA) is 41.1 Å². The molecule has 5 heteroatoms. The molecule has 20 heavy (non-hydrogen) atoms. The Morgan fingerprint density at radius 3 is 3.00 bits per heavy atom. The smallest absolute Gasteiger partial charge is 0.220 e. The van der Waals surface area contributed by atoms with Gasteiger partial charge in [-0.2, -0.15) is 0 Å². The van der Waals surface area contributed by atoms with Crippen LogP contribution in [0, 0.1) is 12.8 Å². The molecular formula is C15H25ClN2OS. The lowest BCUT2D eigenvalue weighted by Crippen LogP contribution is -2.26. The van der Waals surface area contributed by atoms with Gasteiger partial charge in [-0.05, 0) is 63.7 Å². The molecule has 2 N–H and O–H groups in total. The lowest BCUT2D eigenvalue weighted by molar-refractivity contribution is -0.121. The van der Waals surface area contributed by atoms with Gasteiger partial charge >= 0.3 is 0 Å². The van der Waals surface area contributed by atoms with Crippen LogP contribution in [0.3, 0.4) is 0 Å². The van der Waals surface area contributed by atoms with Gasteiger partial charge < -0.3 is 10.6 Å². The summed E-state index contributed by atoms with van der Waals surface area (Å²) in [5.74, 6) is 0.966. The summed E-state index contributed by atoms with van der Waals surface area (Å²) in [6.45, 7) is 5.22. The monoisotopic (exact) mass is 316 g/mol. The predicted octanol–water partition coefficient (Wildman–Crippen LogP) is 2.92. The molecule has 0 radical (unpaired) electrons. The molecule has 1 atom stereocenters. The summed E-state index contributed by atoms with van der Waals surface area (Å²) in [6, 6.07) is 4.32. The normalized spacial score (nSPS) is 17.8. The van der Waals surface area contributed by atoms with E-state index in [0.29, 0.717) is 6.42 Å². The quantitative estimate of drug-likeness (QED) is 0.812. The average Bonchev–Trinajstić information content (AvgIpc) is 3.01. The highest BCUT2D eigenvalue weighted by atomic mass is 35.5. The number of rotatable bonds is 7. The van der Waals surface area contributed by atoms with E-state index in [1.165, 1.54) is 16.2 Å². The Kier molecular flexibility index (Phi) is 8.19. The molecule has 1 amide bonds. The van der Waals surface area contributed by atoms with Crippen molar-refractivity contribution >= 4 is 29.7 Å². The van der Waals surface area contributed by atoms with Crippen molar-refractivity contribution in [2.45, 2.75) is 39.0 Å². The number of halogens is 1. The summed E-state index contributed by atoms with van der Waals surface area (Å²) in [4.78, 5) is 14.4. The van der Waals surface area contributed by atoms with Crippen LogP contribution in [0.1, 0.15) is 35.4 Å². The predicted molar refractivity (Wildman–Crippen MR) is 87.8 cm³/mol. The lowest BCUT2D eigenvalue weighted by atomic mass is 10.1. The number of aryl methyl sites for hydroxylation is 2. The minimum atomic E-state index is 0. The highest BCUT2D eigenvalue weighted by molar-refractivity contribution is 7.11. The molecule has 2 heterocycles. The first kappa shape index (κ1) is 17.5. The first-order valence-electron chi connectivity index (χ1n) is 7.27. The summed E-state index contributed by atoms with van der Waals surface area (Å²) >= 11 is 1.84. The number of thiophene rings is 1. The van der Waals surface area contributed by atoms with E-state index in [-0.39, 0.29) is 18.3 Å². The van der Waals surface area contributed by atoms with Crippen molar-refractivity contribution < 1.29 is 4.79 Å². The van der Waals surface area contributed by atoms with Crippen molar-refractivity contribution in [2.75, 3.05) is 19.6 Å². The lowest BCUT2D eigenvalue weighted by Gasteiger charge is -2.09. The second kappa shape index (κ2) is 9.37. The molecule has 0 saturated carbocycles. The maximum absolute atomic E-state index is 11.7. The van der Waals surface area contributed by atoms with Crippen molar-refractivity contribution in [1.82, 2.24) is 10.6 Å². The highest BCUT2D eigenvalue weighted by Crippen LogP contribution is 2.17. The maximum Gasteiger partial charge on any atom is 0.220 e. The van der Waals surface area contributed by atoms with Gasteiger partial charge in [-0.3, -0.25) is 4.79 Å². The molecule has 0 bridgehead atoms. The van der Waals surface area contributed by atoms with Gasteiger partial charge in [-0.1, -0.05) is 0 Å². The number of amides is 1. The van der Waals surface area contributed by atoms with E-state index in [2.05, 4.69) is 29.7 Å². The zero-order valence-electron chi connectivity index (χ0n) is 12.1. The molecule has 1 aromatic heterocycles. The fourth-order valence-electron chi connectivity index (χ4n) is 2.51. The standard InChI is InChI=1S/C15H24N2OS.ClH/c1-12-5-6-14(19-12)3-2-4-15(18)17-10-8-13-7-9-16-11-13;/h5-6,13,16H,2-4,7-11H2,1H3,(H,17,18);1H. The second-order valence-corrected chi connectivity index (χ2v) is 6.74. The minimum absolute atomic E-state index is 0. The molecule has 0 aromatic carbocycles. The van der Waals surface area contributed by atoms with Crippen LogP contribution in [0.2, 0.25) is 0 Å². The van der Waals surface area contributed by atoms with Gasteiger partial charge in [0.15, 0.2) is 0 Å². The third kappa shape index (κ3) is 6.25. The van der Waals surface area contributed by atoms with Crippen LogP contribution in [0.5, 0.6) is 0 Å². The number of hydrogen-bond acceptors (Lipinski definition) is 3. The Morgan fingerprint density at radius 1 is 1.50 bits per heavy atom. The molecule has 0 aliphatic carbocycles. The van der Waals surface area contributed by atoms with Gasteiger partial charge in [-0.25, -0.2) is 0 Å². The van der Waals surface area contributed by atoms with Crippen molar-refractivity contribution in [3.63, 3.8) is 0 Å². The average molecular weight is 317 g/mol. The first-order chi connectivity index (χ1) is 9.24. The number of hydrogen-bond donors (Lipinski definition) is 2. The van der Waals surface area contributed by atoms with E-state index < -0.39 is 0 Å². The van der Waals surface area contributed by atoms with Crippen LogP contribution in [0.25, 0.3) is 0 Å². The van der Waals surface area contributed by atoms with Gasteiger partial charge in [0.2, 0.25) is 5.91 Å². The molecule has 1 aromatic rings. The Balaban J connectivity index is 0.00000200. The van der Waals surface area contributed by atoms with Crippen molar-refractivity contribution in [3.05, 3.63) is 21.9 Å². The third-order valence-corrected chi connectivity index (χ3v) is 4.72. The fourth-order valence-corrected chi connectivity index (χ4v) is 3.44. The number of carbonyl (C=O) groups excluding carboxylic acids is 1. The van der Waals surface area contributed by atoms with E-state index >= 15 is 0 Å². The summed E-state index contributed by atoms with van der Waals surface area (Å²) in [6.07, 6.45) is 5.01. The Labute approximate surface area is 131 Å². The number of nitrogens with one attached hydrogen (secondary N) is 2. The first-order valence-corrected chi connectivity index (χ1v) is 8.08. The van der Waals surface area contributed by atoms with Crippen molar-refractivity contribution in [1.29, 1.82) is 0 Å². The number of carbonyl (C=O) groups is 1.